The molecule has 0 saturated carbocycles. The van der Waals surface area contributed by atoms with Gasteiger partial charge in [-0.15, -0.1) is 0 Å². The van der Waals surface area contributed by atoms with Gasteiger partial charge in [-0.1, -0.05) is 6.92 Å². The van der Waals surface area contributed by atoms with Crippen LogP contribution in [0.1, 0.15) is 19.0 Å². The molecule has 0 aliphatic rings. The number of nitrogens with zero attached hydrogens (tertiary/aromatic N) is 4. The fourth-order valence-corrected chi connectivity index (χ4v) is 1.67. The van der Waals surface area contributed by atoms with Gasteiger partial charge < -0.3 is 4.57 Å². The molecule has 2 aromatic rings. The Balaban J connectivity index is 2.58. The topological polar surface area (TPSA) is 63.6 Å². The molecular formula is C12H12N4O. The number of rotatable bonds is 3. The van der Waals surface area contributed by atoms with Gasteiger partial charge in [0.15, 0.2) is 0 Å². The molecular weight excluding hydrogens is 216 g/mol. The molecule has 0 saturated heterocycles. The van der Waals surface area contributed by atoms with Crippen molar-refractivity contribution in [3.63, 3.8) is 0 Å². The summed E-state index contributed by atoms with van der Waals surface area (Å²) >= 11 is 0. The van der Waals surface area contributed by atoms with Crippen molar-refractivity contribution in [3.05, 3.63) is 46.8 Å². The van der Waals surface area contributed by atoms with E-state index in [0.717, 1.165) is 6.42 Å². The summed E-state index contributed by atoms with van der Waals surface area (Å²) in [5, 5.41) is 8.92. The minimum absolute atomic E-state index is 0.179. The summed E-state index contributed by atoms with van der Waals surface area (Å²) in [5.41, 5.74) is 0.228. The van der Waals surface area contributed by atoms with Crippen LogP contribution in [0.15, 0.2) is 35.5 Å². The molecule has 2 heterocycles. The van der Waals surface area contributed by atoms with Gasteiger partial charge >= 0.3 is 0 Å². The van der Waals surface area contributed by atoms with Gasteiger partial charge in [0.2, 0.25) is 5.82 Å². The van der Waals surface area contributed by atoms with E-state index in [1.807, 2.05) is 13.0 Å². The number of hydrogen-bond donors (Lipinski definition) is 0. The van der Waals surface area contributed by atoms with Gasteiger partial charge in [0.25, 0.3) is 5.56 Å². The van der Waals surface area contributed by atoms with Crippen LogP contribution in [-0.2, 0) is 6.54 Å². The van der Waals surface area contributed by atoms with Crippen molar-refractivity contribution in [2.45, 2.75) is 19.9 Å². The summed E-state index contributed by atoms with van der Waals surface area (Å²) in [6, 6.07) is 5.40. The molecule has 17 heavy (non-hydrogen) atoms. The van der Waals surface area contributed by atoms with Crippen molar-refractivity contribution < 1.29 is 0 Å². The quantitative estimate of drug-likeness (QED) is 0.795. The van der Waals surface area contributed by atoms with E-state index in [2.05, 4.69) is 4.98 Å². The first-order valence-electron chi connectivity index (χ1n) is 5.41. The van der Waals surface area contributed by atoms with Crippen molar-refractivity contribution >= 4 is 0 Å². The standard InChI is InChI=1S/C12H12N4O/c1-2-6-15-8-5-14-11(12(15)17)16-7-3-4-10(16)9-13/h3-5,7-8H,2,6H2,1H3. The van der Waals surface area contributed by atoms with E-state index in [9.17, 15) is 4.79 Å². The molecule has 0 bridgehead atoms. The average Bonchev–Trinajstić information content (AvgIpc) is 2.80. The van der Waals surface area contributed by atoms with Crippen LogP contribution in [0.4, 0.5) is 0 Å². The van der Waals surface area contributed by atoms with E-state index in [4.69, 9.17) is 5.26 Å². The third kappa shape index (κ3) is 1.97. The first-order valence-corrected chi connectivity index (χ1v) is 5.41. The second-order valence-electron chi connectivity index (χ2n) is 3.62. The third-order valence-corrected chi connectivity index (χ3v) is 2.45. The number of aromatic nitrogens is 3. The zero-order chi connectivity index (χ0) is 12.3. The second kappa shape index (κ2) is 4.66. The van der Waals surface area contributed by atoms with Gasteiger partial charge in [-0.3, -0.25) is 9.36 Å². The highest BCUT2D eigenvalue weighted by Crippen LogP contribution is 2.05. The molecule has 0 aromatic carbocycles. The van der Waals surface area contributed by atoms with E-state index >= 15 is 0 Å². The molecule has 5 heteroatoms. The van der Waals surface area contributed by atoms with Crippen LogP contribution in [0.3, 0.4) is 0 Å². The normalized spacial score (nSPS) is 10.1. The lowest BCUT2D eigenvalue weighted by Gasteiger charge is -2.07. The maximum atomic E-state index is 12.1. The van der Waals surface area contributed by atoms with Gasteiger partial charge in [-0.05, 0) is 18.6 Å². The zero-order valence-corrected chi connectivity index (χ0v) is 9.50. The molecule has 0 aliphatic carbocycles. The molecule has 86 valence electrons. The Labute approximate surface area is 98.6 Å². The lowest BCUT2D eigenvalue weighted by atomic mass is 10.4. The molecule has 0 fully saturated rings. The van der Waals surface area contributed by atoms with E-state index < -0.39 is 0 Å². The Morgan fingerprint density at radius 1 is 1.47 bits per heavy atom. The molecule has 0 spiro atoms. The van der Waals surface area contributed by atoms with E-state index in [1.54, 1.807) is 35.3 Å². The fraction of sp³-hybridized carbons (Fsp3) is 0.250. The molecule has 0 unspecified atom stereocenters. The predicted octanol–water partition coefficient (Wildman–Crippen LogP) is 1.32. The Morgan fingerprint density at radius 3 is 3.00 bits per heavy atom. The monoisotopic (exact) mass is 228 g/mol. The first-order chi connectivity index (χ1) is 8.27. The third-order valence-electron chi connectivity index (χ3n) is 2.45. The number of aryl methyl sites for hydroxylation is 1. The Morgan fingerprint density at radius 2 is 2.29 bits per heavy atom. The predicted molar refractivity (Wildman–Crippen MR) is 62.8 cm³/mol. The SMILES string of the molecule is CCCn1ccnc(-n2cccc2C#N)c1=O. The second-order valence-corrected chi connectivity index (χ2v) is 3.62. The number of hydrogen-bond acceptors (Lipinski definition) is 3. The Hall–Kier alpha value is -2.35. The Kier molecular flexibility index (Phi) is 3.06. The lowest BCUT2D eigenvalue weighted by molar-refractivity contribution is 0.642. The molecule has 2 aromatic heterocycles. The molecule has 0 N–H and O–H groups in total. The Bertz CT molecular complexity index is 618. The van der Waals surface area contributed by atoms with Crippen LogP contribution >= 0.6 is 0 Å². The minimum Gasteiger partial charge on any atom is -0.311 e. The summed E-state index contributed by atoms with van der Waals surface area (Å²) in [6.07, 6.45) is 5.77. The molecule has 0 radical (unpaired) electrons. The van der Waals surface area contributed by atoms with Crippen molar-refractivity contribution in [1.29, 1.82) is 5.26 Å². The van der Waals surface area contributed by atoms with E-state index in [0.29, 0.717) is 12.2 Å². The van der Waals surface area contributed by atoms with Crippen LogP contribution in [0.5, 0.6) is 0 Å². The zero-order valence-electron chi connectivity index (χ0n) is 9.50. The van der Waals surface area contributed by atoms with Crippen LogP contribution in [-0.4, -0.2) is 14.1 Å². The van der Waals surface area contributed by atoms with Crippen molar-refractivity contribution in [2.75, 3.05) is 0 Å². The summed E-state index contributed by atoms with van der Waals surface area (Å²) in [4.78, 5) is 16.1. The van der Waals surface area contributed by atoms with Crippen molar-refractivity contribution in [2.24, 2.45) is 0 Å². The van der Waals surface area contributed by atoms with Gasteiger partial charge in [0.1, 0.15) is 11.8 Å². The molecule has 0 amide bonds. The summed E-state index contributed by atoms with van der Waals surface area (Å²) in [6.45, 7) is 2.65. The highest BCUT2D eigenvalue weighted by molar-refractivity contribution is 5.32. The van der Waals surface area contributed by atoms with Crippen LogP contribution in [0.2, 0.25) is 0 Å². The van der Waals surface area contributed by atoms with Crippen LogP contribution in [0, 0.1) is 11.3 Å². The van der Waals surface area contributed by atoms with E-state index in [-0.39, 0.29) is 11.4 Å². The maximum Gasteiger partial charge on any atom is 0.294 e. The average molecular weight is 228 g/mol. The summed E-state index contributed by atoms with van der Waals surface area (Å²) < 4.78 is 3.11. The summed E-state index contributed by atoms with van der Waals surface area (Å²) in [7, 11) is 0. The van der Waals surface area contributed by atoms with E-state index in [1.165, 1.54) is 4.57 Å². The van der Waals surface area contributed by atoms with Crippen LogP contribution < -0.4 is 5.56 Å². The fourth-order valence-electron chi connectivity index (χ4n) is 1.67. The van der Waals surface area contributed by atoms with Gasteiger partial charge in [-0.25, -0.2) is 4.98 Å². The maximum absolute atomic E-state index is 12.1. The van der Waals surface area contributed by atoms with Crippen LogP contribution in [0.25, 0.3) is 5.82 Å². The molecule has 0 aliphatic heterocycles. The summed E-state index contributed by atoms with van der Waals surface area (Å²) in [5.74, 6) is 0.266. The van der Waals surface area contributed by atoms with Gasteiger partial charge in [0.05, 0.1) is 0 Å². The molecule has 2 rings (SSSR count). The first kappa shape index (κ1) is 11.1. The highest BCUT2D eigenvalue weighted by atomic mass is 16.1. The van der Waals surface area contributed by atoms with Crippen molar-refractivity contribution in [3.8, 4) is 11.9 Å². The molecule has 0 atom stereocenters. The van der Waals surface area contributed by atoms with Gasteiger partial charge in [-0.2, -0.15) is 5.26 Å². The highest BCUT2D eigenvalue weighted by Gasteiger charge is 2.09. The smallest absolute Gasteiger partial charge is 0.294 e. The van der Waals surface area contributed by atoms with Crippen molar-refractivity contribution in [1.82, 2.24) is 14.1 Å². The molecule has 5 nitrogen and oxygen atoms in total. The number of nitriles is 1. The van der Waals surface area contributed by atoms with Gasteiger partial charge in [0, 0.05) is 25.1 Å². The largest absolute Gasteiger partial charge is 0.311 e. The minimum atomic E-state index is -0.179. The lowest BCUT2D eigenvalue weighted by Crippen LogP contribution is -2.25.